The first-order chi connectivity index (χ1) is 10.8. The minimum absolute atomic E-state index is 0.0139. The van der Waals surface area contributed by atoms with E-state index in [0.717, 1.165) is 6.07 Å². The fraction of sp³-hybridized carbons (Fsp3) is 0.562. The lowest BCUT2D eigenvalue weighted by Gasteiger charge is -2.38. The Hall–Kier alpha value is -1.76. The van der Waals surface area contributed by atoms with Crippen LogP contribution in [0.15, 0.2) is 24.3 Å². The number of piperazine rings is 1. The SMILES string of the molecule is CCNC(=O)C(C)N1CCN(c2cccc(C(F)(F)F)c2)CC1. The van der Waals surface area contributed by atoms with Crippen molar-refractivity contribution in [1.82, 2.24) is 10.2 Å². The van der Waals surface area contributed by atoms with E-state index in [0.29, 0.717) is 38.4 Å². The van der Waals surface area contributed by atoms with Crippen LogP contribution in [0.25, 0.3) is 0 Å². The molecule has 1 aliphatic heterocycles. The molecule has 0 saturated carbocycles. The predicted molar refractivity (Wildman–Crippen MR) is 83.4 cm³/mol. The van der Waals surface area contributed by atoms with Crippen molar-refractivity contribution in [2.75, 3.05) is 37.6 Å². The molecule has 4 nitrogen and oxygen atoms in total. The van der Waals surface area contributed by atoms with Crippen molar-refractivity contribution < 1.29 is 18.0 Å². The Bertz CT molecular complexity index is 540. The second kappa shape index (κ2) is 7.21. The molecule has 0 radical (unpaired) electrons. The number of carbonyl (C=O) groups is 1. The maximum atomic E-state index is 12.8. The van der Waals surface area contributed by atoms with Gasteiger partial charge in [0.2, 0.25) is 5.91 Å². The molecule has 0 bridgehead atoms. The molecule has 1 aromatic carbocycles. The molecule has 128 valence electrons. The molecular weight excluding hydrogens is 307 g/mol. The molecular formula is C16H22F3N3O. The van der Waals surface area contributed by atoms with Crippen LogP contribution in [0.2, 0.25) is 0 Å². The smallest absolute Gasteiger partial charge is 0.369 e. The van der Waals surface area contributed by atoms with Gasteiger partial charge in [-0.3, -0.25) is 9.69 Å². The normalized spacial score (nSPS) is 17.9. The lowest BCUT2D eigenvalue weighted by atomic mass is 10.1. The summed E-state index contributed by atoms with van der Waals surface area (Å²) in [7, 11) is 0. The summed E-state index contributed by atoms with van der Waals surface area (Å²) in [5.41, 5.74) is -0.0572. The van der Waals surface area contributed by atoms with E-state index in [4.69, 9.17) is 0 Å². The molecule has 0 aromatic heterocycles. The van der Waals surface area contributed by atoms with Crippen molar-refractivity contribution in [2.45, 2.75) is 26.1 Å². The van der Waals surface area contributed by atoms with Gasteiger partial charge < -0.3 is 10.2 Å². The van der Waals surface area contributed by atoms with E-state index in [2.05, 4.69) is 10.2 Å². The minimum Gasteiger partial charge on any atom is -0.369 e. The summed E-state index contributed by atoms with van der Waals surface area (Å²) in [6.45, 7) is 6.81. The summed E-state index contributed by atoms with van der Waals surface area (Å²) < 4.78 is 38.4. The van der Waals surface area contributed by atoms with Crippen molar-refractivity contribution >= 4 is 11.6 Å². The maximum Gasteiger partial charge on any atom is 0.416 e. The molecule has 23 heavy (non-hydrogen) atoms. The summed E-state index contributed by atoms with van der Waals surface area (Å²) >= 11 is 0. The number of amides is 1. The van der Waals surface area contributed by atoms with Gasteiger partial charge in [0.05, 0.1) is 11.6 Å². The molecule has 1 atom stereocenters. The molecule has 1 unspecified atom stereocenters. The molecule has 1 saturated heterocycles. The van der Waals surface area contributed by atoms with Crippen LogP contribution in [-0.2, 0) is 11.0 Å². The van der Waals surface area contributed by atoms with Crippen molar-refractivity contribution in [3.05, 3.63) is 29.8 Å². The number of carbonyl (C=O) groups excluding carboxylic acids is 1. The zero-order valence-corrected chi connectivity index (χ0v) is 13.4. The highest BCUT2D eigenvalue weighted by Crippen LogP contribution is 2.31. The highest BCUT2D eigenvalue weighted by Gasteiger charge is 2.31. The van der Waals surface area contributed by atoms with Crippen molar-refractivity contribution in [1.29, 1.82) is 0 Å². The Morgan fingerprint density at radius 1 is 1.26 bits per heavy atom. The van der Waals surface area contributed by atoms with E-state index in [9.17, 15) is 18.0 Å². The van der Waals surface area contributed by atoms with Crippen LogP contribution >= 0.6 is 0 Å². The molecule has 0 aliphatic carbocycles. The quantitative estimate of drug-likeness (QED) is 0.921. The molecule has 0 spiro atoms. The van der Waals surface area contributed by atoms with Crippen LogP contribution in [0.4, 0.5) is 18.9 Å². The largest absolute Gasteiger partial charge is 0.416 e. The second-order valence-electron chi connectivity index (χ2n) is 5.64. The van der Waals surface area contributed by atoms with Crippen molar-refractivity contribution in [3.63, 3.8) is 0 Å². The number of hydrogen-bond donors (Lipinski definition) is 1. The number of rotatable bonds is 4. The first-order valence-electron chi connectivity index (χ1n) is 7.77. The molecule has 1 aromatic rings. The maximum absolute atomic E-state index is 12.8. The lowest BCUT2D eigenvalue weighted by molar-refractivity contribution is -0.137. The number of nitrogens with one attached hydrogen (secondary N) is 1. The predicted octanol–water partition coefficient (Wildman–Crippen LogP) is 2.35. The van der Waals surface area contributed by atoms with Gasteiger partial charge in [0.1, 0.15) is 0 Å². The standard InChI is InChI=1S/C16H22F3N3O/c1-3-20-15(23)12(2)21-7-9-22(10-8-21)14-6-4-5-13(11-14)16(17,18)19/h4-6,11-12H,3,7-10H2,1-2H3,(H,20,23). The summed E-state index contributed by atoms with van der Waals surface area (Å²) in [5, 5.41) is 2.79. The van der Waals surface area contributed by atoms with E-state index < -0.39 is 11.7 Å². The highest BCUT2D eigenvalue weighted by molar-refractivity contribution is 5.81. The second-order valence-corrected chi connectivity index (χ2v) is 5.64. The van der Waals surface area contributed by atoms with E-state index in [1.807, 2.05) is 18.7 Å². The number of benzene rings is 1. The first kappa shape index (κ1) is 17.6. The summed E-state index contributed by atoms with van der Waals surface area (Å²) in [4.78, 5) is 15.8. The van der Waals surface area contributed by atoms with Gasteiger partial charge in [0.15, 0.2) is 0 Å². The Labute approximate surface area is 134 Å². The molecule has 2 rings (SSSR count). The number of nitrogens with zero attached hydrogens (tertiary/aromatic N) is 2. The number of alkyl halides is 3. The number of halogens is 3. The van der Waals surface area contributed by atoms with Crippen LogP contribution in [0.5, 0.6) is 0 Å². The topological polar surface area (TPSA) is 35.6 Å². The average Bonchev–Trinajstić information content (AvgIpc) is 2.54. The third kappa shape index (κ3) is 4.37. The third-order valence-electron chi connectivity index (χ3n) is 4.13. The zero-order chi connectivity index (χ0) is 17.0. The lowest BCUT2D eigenvalue weighted by Crippen LogP contribution is -2.54. The average molecular weight is 329 g/mol. The molecule has 1 N–H and O–H groups in total. The summed E-state index contributed by atoms with van der Waals surface area (Å²) in [5.74, 6) is -0.0139. The number of hydrogen-bond acceptors (Lipinski definition) is 3. The van der Waals surface area contributed by atoms with Gasteiger partial charge >= 0.3 is 6.18 Å². The van der Waals surface area contributed by atoms with Crippen molar-refractivity contribution in [3.8, 4) is 0 Å². The van der Waals surface area contributed by atoms with Crippen LogP contribution in [0.1, 0.15) is 19.4 Å². The van der Waals surface area contributed by atoms with Gasteiger partial charge in [0.25, 0.3) is 0 Å². The van der Waals surface area contributed by atoms with E-state index >= 15 is 0 Å². The van der Waals surface area contributed by atoms with Gasteiger partial charge in [-0.2, -0.15) is 13.2 Å². The first-order valence-corrected chi connectivity index (χ1v) is 7.77. The van der Waals surface area contributed by atoms with Gasteiger partial charge in [0, 0.05) is 38.4 Å². The third-order valence-corrected chi connectivity index (χ3v) is 4.13. The van der Waals surface area contributed by atoms with Crippen LogP contribution < -0.4 is 10.2 Å². The fourth-order valence-corrected chi connectivity index (χ4v) is 2.73. The molecule has 7 heteroatoms. The fourth-order valence-electron chi connectivity index (χ4n) is 2.73. The Balaban J connectivity index is 1.98. The highest BCUT2D eigenvalue weighted by atomic mass is 19.4. The Morgan fingerprint density at radius 3 is 2.48 bits per heavy atom. The van der Waals surface area contributed by atoms with Crippen molar-refractivity contribution in [2.24, 2.45) is 0 Å². The summed E-state index contributed by atoms with van der Waals surface area (Å²) in [6, 6.07) is 5.17. The van der Waals surface area contributed by atoms with Gasteiger partial charge in [-0.15, -0.1) is 0 Å². The Kier molecular flexibility index (Phi) is 5.51. The van der Waals surface area contributed by atoms with Gasteiger partial charge in [-0.25, -0.2) is 0 Å². The monoisotopic (exact) mass is 329 g/mol. The molecule has 1 amide bonds. The zero-order valence-electron chi connectivity index (χ0n) is 13.4. The molecule has 1 aliphatic rings. The van der Waals surface area contributed by atoms with Gasteiger partial charge in [-0.1, -0.05) is 6.07 Å². The van der Waals surface area contributed by atoms with E-state index in [-0.39, 0.29) is 11.9 Å². The molecule has 1 fully saturated rings. The molecule has 1 heterocycles. The van der Waals surface area contributed by atoms with E-state index in [1.165, 1.54) is 12.1 Å². The van der Waals surface area contributed by atoms with Crippen LogP contribution in [0, 0.1) is 0 Å². The van der Waals surface area contributed by atoms with Crippen LogP contribution in [-0.4, -0.2) is 49.6 Å². The number of likely N-dealkylation sites (N-methyl/N-ethyl adjacent to an activating group) is 1. The van der Waals surface area contributed by atoms with Crippen LogP contribution in [0.3, 0.4) is 0 Å². The summed E-state index contributed by atoms with van der Waals surface area (Å²) in [6.07, 6.45) is -4.33. The minimum atomic E-state index is -4.33. The number of anilines is 1. The Morgan fingerprint density at radius 2 is 1.91 bits per heavy atom. The van der Waals surface area contributed by atoms with Gasteiger partial charge in [-0.05, 0) is 32.0 Å². The van der Waals surface area contributed by atoms with E-state index in [1.54, 1.807) is 6.07 Å².